The molecule has 10 aliphatic rings. The standard InChI is InChI=1S/C29H31N3O3.C21H28N2O5.C17H23N3O3.C17H22N2O4.C12H8O.CH5N/c1-30-26(33)18-29(35-2)23-11-3-4-12-24(23)32(28(29)34)21-13-15-31(16-14-21)25-17-20-9-5-7-19-8-6-10-22(25)27(19)20;1-21(2,3)28-20(26)22-11-9-14(10-12-22)23-17-8-6-5-7-15(17)16(19(23)25)13-18(24)27-4;1-18-15(21)11-17(23-2)13-5-3-4-6-14(13)20(16(17)22)12-7-9-19-10-8-12;1-22-15(20)11-17(23-2)13-5-3-4-6-14(13)19(16(17)21)12-7-9-18-10-8-12;13-11-7-9-5-1-3-8-4-2-6-10(11)12(8)9;1-2/h3-12,21,25H,13-18H2,1-2H3,(H,30,33);5-8,14,16H,9-13H2,1-4H3;3-6,12,19H,7-11H2,1-2H3,(H,18,21);3-6,12,18H,7-11H2,1-2H3;1-6H,7H2;2H2,1H3. The number of esters is 2. The molecule has 27 heteroatoms. The van der Waals surface area contributed by atoms with Crippen LogP contribution in [0.5, 0.6) is 0 Å². The van der Waals surface area contributed by atoms with Crippen LogP contribution in [0.25, 0.3) is 21.5 Å². The van der Waals surface area contributed by atoms with Crippen molar-refractivity contribution < 1.29 is 76.4 Å². The van der Waals surface area contributed by atoms with Crippen molar-refractivity contribution in [1.29, 1.82) is 0 Å². The van der Waals surface area contributed by atoms with Crippen LogP contribution in [0.3, 0.4) is 0 Å². The largest absolute Gasteiger partial charge is 0.469 e. The molecule has 8 heterocycles. The Morgan fingerprint density at radius 3 is 1.32 bits per heavy atom. The number of nitrogens with two attached hydrogens (primary N) is 1. The Morgan fingerprint density at radius 2 is 0.855 bits per heavy atom. The van der Waals surface area contributed by atoms with Crippen molar-refractivity contribution in [1.82, 2.24) is 31.1 Å². The van der Waals surface area contributed by atoms with Gasteiger partial charge in [-0.1, -0.05) is 146 Å². The molecule has 4 saturated heterocycles. The molecule has 124 heavy (non-hydrogen) atoms. The number of amides is 7. The van der Waals surface area contributed by atoms with Crippen LogP contribution in [0, 0.1) is 0 Å². The van der Waals surface area contributed by atoms with Gasteiger partial charge in [-0.3, -0.25) is 48.1 Å². The average Bonchev–Trinajstić information content (AvgIpc) is 1.58. The summed E-state index contributed by atoms with van der Waals surface area (Å²) in [6, 6.07) is 56.6. The highest BCUT2D eigenvalue weighted by molar-refractivity contribution is 6.16. The first kappa shape index (κ1) is 90.4. The van der Waals surface area contributed by atoms with Gasteiger partial charge in [-0.05, 0) is 180 Å². The molecule has 8 aromatic carbocycles. The molecule has 4 fully saturated rings. The summed E-state index contributed by atoms with van der Waals surface area (Å²) < 4.78 is 32.1. The lowest BCUT2D eigenvalue weighted by atomic mass is 9.91. The molecule has 656 valence electrons. The van der Waals surface area contributed by atoms with Crippen molar-refractivity contribution in [3.05, 3.63) is 214 Å². The van der Waals surface area contributed by atoms with Gasteiger partial charge in [0.2, 0.25) is 17.7 Å². The molecule has 18 rings (SSSR count). The number of rotatable bonds is 16. The summed E-state index contributed by atoms with van der Waals surface area (Å²) in [5, 5.41) is 17.0. The second-order valence-electron chi connectivity index (χ2n) is 33.7. The van der Waals surface area contributed by atoms with E-state index in [0.29, 0.717) is 38.4 Å². The molecule has 7 amide bonds. The minimum absolute atomic E-state index is 0.00266. The molecule has 2 aliphatic carbocycles. The van der Waals surface area contributed by atoms with Crippen LogP contribution in [-0.4, -0.2) is 208 Å². The maximum absolute atomic E-state index is 13.9. The molecule has 27 nitrogen and oxygen atoms in total. The number of methoxy groups -OCH3 is 5. The molecule has 8 aliphatic heterocycles. The van der Waals surface area contributed by atoms with E-state index in [9.17, 15) is 47.9 Å². The van der Waals surface area contributed by atoms with Crippen molar-refractivity contribution in [3.63, 3.8) is 0 Å². The van der Waals surface area contributed by atoms with Crippen molar-refractivity contribution in [2.24, 2.45) is 5.73 Å². The van der Waals surface area contributed by atoms with Crippen molar-refractivity contribution >= 4 is 104 Å². The third-order valence-electron chi connectivity index (χ3n) is 25.8. The third kappa shape index (κ3) is 17.8. The van der Waals surface area contributed by atoms with E-state index in [0.717, 1.165) is 140 Å². The number of ketones is 1. The molecule has 6 N–H and O–H groups in total. The van der Waals surface area contributed by atoms with Crippen LogP contribution < -0.4 is 46.6 Å². The van der Waals surface area contributed by atoms with E-state index in [2.05, 4.69) is 80.4 Å². The highest BCUT2D eigenvalue weighted by Gasteiger charge is 2.58. The molecule has 5 unspecified atom stereocenters. The van der Waals surface area contributed by atoms with E-state index >= 15 is 0 Å². The fraction of sp³-hybridized carbons (Fsp3) is 0.443. The zero-order chi connectivity index (χ0) is 88.4. The predicted molar refractivity (Wildman–Crippen MR) is 475 cm³/mol. The second kappa shape index (κ2) is 39.3. The molecule has 0 bridgehead atoms. The highest BCUT2D eigenvalue weighted by Crippen LogP contribution is 2.51. The molecule has 0 aromatic heterocycles. The summed E-state index contributed by atoms with van der Waals surface area (Å²) in [6.45, 7) is 12.0. The van der Waals surface area contributed by atoms with Gasteiger partial charge in [0.15, 0.2) is 22.6 Å². The van der Waals surface area contributed by atoms with Gasteiger partial charge in [-0.15, -0.1) is 0 Å². The van der Waals surface area contributed by atoms with Gasteiger partial charge in [-0.25, -0.2) is 4.79 Å². The third-order valence-corrected chi connectivity index (χ3v) is 25.8. The normalized spacial score (nSPS) is 22.0. The zero-order valence-corrected chi connectivity index (χ0v) is 73.0. The number of benzene rings is 8. The molecule has 0 radical (unpaired) electrons. The second-order valence-corrected chi connectivity index (χ2v) is 33.7. The Labute approximate surface area is 725 Å². The van der Waals surface area contributed by atoms with Gasteiger partial charge in [0.1, 0.15) is 5.60 Å². The van der Waals surface area contributed by atoms with E-state index in [1.165, 1.54) is 75.4 Å². The lowest BCUT2D eigenvalue weighted by Gasteiger charge is -2.40. The van der Waals surface area contributed by atoms with Crippen LogP contribution >= 0.6 is 0 Å². The summed E-state index contributed by atoms with van der Waals surface area (Å²) in [5.74, 6) is -2.00. The number of carbonyl (C=O) groups is 10. The maximum Gasteiger partial charge on any atom is 0.410 e. The molecule has 8 aromatic rings. The minimum atomic E-state index is -1.28. The summed E-state index contributed by atoms with van der Waals surface area (Å²) in [7, 11) is 11.8. The lowest BCUT2D eigenvalue weighted by Crippen LogP contribution is -2.51. The topological polar surface area (TPSA) is 320 Å². The fourth-order valence-corrected chi connectivity index (χ4v) is 19.7. The van der Waals surface area contributed by atoms with E-state index in [4.69, 9.17) is 28.4 Å². The van der Waals surface area contributed by atoms with E-state index in [1.54, 1.807) is 19.0 Å². The number of hydrogen-bond donors (Lipinski definition) is 5. The fourth-order valence-electron chi connectivity index (χ4n) is 19.7. The Hall–Kier alpha value is -11.3. The quantitative estimate of drug-likeness (QED) is 0.0443. The molecule has 5 atom stereocenters. The number of nitrogens with one attached hydrogen (secondary N) is 4. The molecular weight excluding hydrogens is 1580 g/mol. The summed E-state index contributed by atoms with van der Waals surface area (Å²) in [5.41, 5.74) is 11.8. The Morgan fingerprint density at radius 1 is 0.452 bits per heavy atom. The average molecular weight is 1690 g/mol. The van der Waals surface area contributed by atoms with Gasteiger partial charge in [0, 0.05) is 126 Å². The first-order chi connectivity index (χ1) is 59.9. The number of anilines is 4. The minimum Gasteiger partial charge on any atom is -0.469 e. The number of carbonyl (C=O) groups excluding carboxylic acids is 10. The number of hydrogen-bond acceptors (Lipinski definition) is 20. The first-order valence-corrected chi connectivity index (χ1v) is 43.1. The summed E-state index contributed by atoms with van der Waals surface area (Å²) in [4.78, 5) is 137. The Kier molecular flexibility index (Phi) is 28.6. The van der Waals surface area contributed by atoms with Gasteiger partial charge in [-0.2, -0.15) is 0 Å². The zero-order valence-electron chi connectivity index (χ0n) is 73.0. The number of piperidine rings is 4. The number of Topliss-reactive ketones (excluding diaryl/α,β-unsaturated/α-hetero) is 1. The number of ether oxygens (including phenoxy) is 6. The molecular formula is C97H117N11O16. The van der Waals surface area contributed by atoms with Crippen molar-refractivity contribution in [2.75, 3.05) is 129 Å². The number of likely N-dealkylation sites (tertiary alicyclic amines) is 2. The van der Waals surface area contributed by atoms with Crippen LogP contribution in [-0.2, 0) is 96.4 Å². The van der Waals surface area contributed by atoms with Crippen LogP contribution in [0.2, 0.25) is 0 Å². The highest BCUT2D eigenvalue weighted by atomic mass is 16.6. The maximum atomic E-state index is 13.9. The van der Waals surface area contributed by atoms with Gasteiger partial charge in [0.05, 0.1) is 62.9 Å². The van der Waals surface area contributed by atoms with Gasteiger partial charge < -0.3 is 79.9 Å². The number of nitrogens with zero attached hydrogens (tertiary/aromatic N) is 6. The number of para-hydroxylation sites is 4. The Bertz CT molecular complexity index is 5160. The van der Waals surface area contributed by atoms with E-state index in [-0.39, 0.29) is 97.2 Å². The lowest BCUT2D eigenvalue weighted by molar-refractivity contribution is -0.156. The monoisotopic (exact) mass is 1690 g/mol. The smallest absolute Gasteiger partial charge is 0.410 e. The Balaban J connectivity index is 0.000000136. The predicted octanol–water partition coefficient (Wildman–Crippen LogP) is 11.1. The van der Waals surface area contributed by atoms with Crippen LogP contribution in [0.15, 0.2) is 170 Å². The van der Waals surface area contributed by atoms with Gasteiger partial charge in [0.25, 0.3) is 17.7 Å². The molecule has 0 saturated carbocycles. The summed E-state index contributed by atoms with van der Waals surface area (Å²) in [6.07, 6.45) is 7.92. The van der Waals surface area contributed by atoms with Crippen molar-refractivity contribution in [3.8, 4) is 0 Å². The molecule has 0 spiro atoms. The summed E-state index contributed by atoms with van der Waals surface area (Å²) >= 11 is 0. The van der Waals surface area contributed by atoms with E-state index < -0.39 is 40.3 Å². The van der Waals surface area contributed by atoms with Gasteiger partial charge >= 0.3 is 18.0 Å². The van der Waals surface area contributed by atoms with E-state index in [1.807, 2.05) is 162 Å². The van der Waals surface area contributed by atoms with Crippen LogP contribution in [0.4, 0.5) is 27.5 Å². The van der Waals surface area contributed by atoms with Crippen LogP contribution in [0.1, 0.15) is 159 Å². The first-order valence-electron chi connectivity index (χ1n) is 43.1. The SMILES string of the molecule is CN.CNC(=O)CC1(OC)C(=O)N(C2CCN(C3Cc4cccc5cccc3c45)CC2)c2ccccc21.CNC(=O)CC1(OC)C(=O)N(C2CCNCC2)c2ccccc21.COC(=O)CC1(OC)C(=O)N(C2CCNCC2)c2ccccc21.COC(=O)CC1C(=O)N(C2CCN(C(=O)OC(C)(C)C)CC2)c2ccccc21.O=C1Cc2cccc3cccc1c23. The number of fused-ring (bicyclic) bond motifs is 4. The van der Waals surface area contributed by atoms with Crippen molar-refractivity contribution in [2.45, 2.75) is 169 Å².